The Hall–Kier alpha value is -3.60. The monoisotopic (exact) mass is 472 g/mol. The number of fused-ring (bicyclic) bond motifs is 1. The number of hydrogen-bond donors (Lipinski definition) is 3. The Labute approximate surface area is 205 Å². The summed E-state index contributed by atoms with van der Waals surface area (Å²) in [6, 6.07) is 9.98. The molecule has 3 aliphatic rings. The number of amidine groups is 1. The van der Waals surface area contributed by atoms with Crippen LogP contribution in [0.3, 0.4) is 0 Å². The van der Waals surface area contributed by atoms with Crippen LogP contribution in [-0.4, -0.2) is 33.7 Å². The number of rotatable bonds is 5. The lowest BCUT2D eigenvalue weighted by Crippen LogP contribution is -2.33. The maximum atomic E-state index is 12.9. The Morgan fingerprint density at radius 1 is 1.09 bits per heavy atom. The third kappa shape index (κ3) is 4.68. The van der Waals surface area contributed by atoms with E-state index in [1.165, 1.54) is 12.8 Å². The van der Waals surface area contributed by atoms with E-state index in [4.69, 9.17) is 5.73 Å². The molecule has 8 heteroatoms. The lowest BCUT2D eigenvalue weighted by Gasteiger charge is -2.23. The highest BCUT2D eigenvalue weighted by Gasteiger charge is 2.34. The molecule has 1 unspecified atom stereocenters. The highest BCUT2D eigenvalue weighted by Crippen LogP contribution is 2.33. The maximum Gasteiger partial charge on any atom is 0.261 e. The molecule has 1 aromatic heterocycles. The molecule has 1 amide bonds. The SMILES string of the molecule is N#CC1CCCCC[C@@H]1Nc1cc[nH]c(=O)c1C(N)=Nc1ccc2c(c1)CN(C1CCCC1)C2=O. The van der Waals surface area contributed by atoms with E-state index in [1.807, 2.05) is 17.0 Å². The van der Waals surface area contributed by atoms with Gasteiger partial charge in [-0.1, -0.05) is 32.1 Å². The van der Waals surface area contributed by atoms with E-state index in [-0.39, 0.29) is 34.8 Å². The van der Waals surface area contributed by atoms with Crippen LogP contribution in [-0.2, 0) is 6.54 Å². The molecule has 2 aromatic rings. The highest BCUT2D eigenvalue weighted by molar-refractivity contribution is 6.04. The van der Waals surface area contributed by atoms with Crippen molar-refractivity contribution in [1.82, 2.24) is 9.88 Å². The van der Waals surface area contributed by atoms with Crippen molar-refractivity contribution in [2.75, 3.05) is 5.32 Å². The van der Waals surface area contributed by atoms with Crippen molar-refractivity contribution in [3.63, 3.8) is 0 Å². The zero-order chi connectivity index (χ0) is 24.4. The number of aromatic nitrogens is 1. The molecule has 5 rings (SSSR count). The number of aliphatic imine (C=N–C) groups is 1. The van der Waals surface area contributed by atoms with E-state index < -0.39 is 0 Å². The third-order valence-electron chi connectivity index (χ3n) is 7.68. The molecule has 4 N–H and O–H groups in total. The van der Waals surface area contributed by atoms with Crippen LogP contribution in [0.25, 0.3) is 0 Å². The fraction of sp³-hybridized carbons (Fsp3) is 0.481. The summed E-state index contributed by atoms with van der Waals surface area (Å²) in [7, 11) is 0. The average Bonchev–Trinajstić information content (AvgIpc) is 3.42. The molecule has 2 aliphatic carbocycles. The van der Waals surface area contributed by atoms with Gasteiger partial charge in [0.2, 0.25) is 0 Å². The number of aromatic amines is 1. The maximum absolute atomic E-state index is 12.9. The van der Waals surface area contributed by atoms with Crippen LogP contribution in [0, 0.1) is 17.2 Å². The molecule has 2 heterocycles. The Morgan fingerprint density at radius 2 is 1.86 bits per heavy atom. The molecule has 0 spiro atoms. The van der Waals surface area contributed by atoms with Gasteiger partial charge in [0.1, 0.15) is 11.4 Å². The van der Waals surface area contributed by atoms with E-state index >= 15 is 0 Å². The predicted molar refractivity (Wildman–Crippen MR) is 136 cm³/mol. The standard InChI is InChI=1S/C27H32N6O2/c28-15-17-6-2-1-3-9-22(17)32-23-12-13-30-26(34)24(23)25(29)31-19-10-11-21-18(14-19)16-33(27(21)35)20-7-4-5-8-20/h10-14,17,20,22H,1-9,16H2,(H2,29,31)(H2,30,32,34)/t17?,22-/m0/s1. The number of nitrogens with zero attached hydrogens (tertiary/aromatic N) is 3. The van der Waals surface area contributed by atoms with Crippen molar-refractivity contribution in [3.05, 3.63) is 57.5 Å². The molecule has 0 saturated heterocycles. The van der Waals surface area contributed by atoms with Crippen molar-refractivity contribution >= 4 is 23.1 Å². The number of amides is 1. The van der Waals surface area contributed by atoms with Crippen LogP contribution in [0.2, 0.25) is 0 Å². The van der Waals surface area contributed by atoms with Crippen molar-refractivity contribution in [3.8, 4) is 6.07 Å². The topological polar surface area (TPSA) is 127 Å². The number of nitrogens with two attached hydrogens (primary N) is 1. The van der Waals surface area contributed by atoms with Crippen LogP contribution in [0.1, 0.15) is 79.3 Å². The van der Waals surface area contributed by atoms with Gasteiger partial charge in [-0.3, -0.25) is 9.59 Å². The van der Waals surface area contributed by atoms with Gasteiger partial charge in [-0.25, -0.2) is 4.99 Å². The Morgan fingerprint density at radius 3 is 2.66 bits per heavy atom. The second-order valence-corrected chi connectivity index (χ2v) is 9.93. The lowest BCUT2D eigenvalue weighted by molar-refractivity contribution is 0.0707. The molecule has 182 valence electrons. The molecular formula is C27H32N6O2. The number of hydrogen-bond acceptors (Lipinski definition) is 5. The van der Waals surface area contributed by atoms with E-state index in [1.54, 1.807) is 18.3 Å². The third-order valence-corrected chi connectivity index (χ3v) is 7.68. The first-order valence-electron chi connectivity index (χ1n) is 12.7. The predicted octanol–water partition coefficient (Wildman–Crippen LogP) is 4.19. The van der Waals surface area contributed by atoms with Gasteiger partial charge < -0.3 is 20.9 Å². The van der Waals surface area contributed by atoms with E-state index in [0.29, 0.717) is 24.0 Å². The fourth-order valence-electron chi connectivity index (χ4n) is 5.79. The number of carbonyl (C=O) groups is 1. The molecule has 0 bridgehead atoms. The van der Waals surface area contributed by atoms with Gasteiger partial charge >= 0.3 is 0 Å². The van der Waals surface area contributed by atoms with Gasteiger partial charge in [0.15, 0.2) is 0 Å². The summed E-state index contributed by atoms with van der Waals surface area (Å²) in [4.78, 5) is 34.9. The minimum Gasteiger partial charge on any atom is -0.383 e. The van der Waals surface area contributed by atoms with E-state index in [9.17, 15) is 14.9 Å². The van der Waals surface area contributed by atoms with Crippen molar-refractivity contribution in [1.29, 1.82) is 5.26 Å². The van der Waals surface area contributed by atoms with Crippen LogP contribution < -0.4 is 16.6 Å². The first-order chi connectivity index (χ1) is 17.0. The Balaban J connectivity index is 1.41. The first-order valence-corrected chi connectivity index (χ1v) is 12.7. The molecular weight excluding hydrogens is 440 g/mol. The minimum atomic E-state index is -0.331. The zero-order valence-corrected chi connectivity index (χ0v) is 19.9. The zero-order valence-electron chi connectivity index (χ0n) is 19.9. The summed E-state index contributed by atoms with van der Waals surface area (Å²) < 4.78 is 0. The summed E-state index contributed by atoms with van der Waals surface area (Å²) in [5.74, 6) is 0.0881. The largest absolute Gasteiger partial charge is 0.383 e. The normalized spacial score (nSPS) is 23.1. The van der Waals surface area contributed by atoms with Gasteiger partial charge in [-0.05, 0) is 55.5 Å². The van der Waals surface area contributed by atoms with Gasteiger partial charge in [0, 0.05) is 30.4 Å². The van der Waals surface area contributed by atoms with Crippen LogP contribution in [0.5, 0.6) is 0 Å². The van der Waals surface area contributed by atoms with Gasteiger partial charge in [-0.2, -0.15) is 5.26 Å². The number of benzene rings is 1. The Kier molecular flexibility index (Phi) is 6.58. The number of H-pyrrole nitrogens is 1. The number of anilines is 1. The van der Waals surface area contributed by atoms with E-state index in [2.05, 4.69) is 21.4 Å². The minimum absolute atomic E-state index is 0.0385. The summed E-state index contributed by atoms with van der Waals surface area (Å²) >= 11 is 0. The molecule has 2 saturated carbocycles. The van der Waals surface area contributed by atoms with Crippen molar-refractivity contribution in [2.24, 2.45) is 16.6 Å². The molecule has 1 aliphatic heterocycles. The fourth-order valence-corrected chi connectivity index (χ4v) is 5.79. The number of carbonyl (C=O) groups excluding carboxylic acids is 1. The number of nitriles is 1. The number of nitrogens with one attached hydrogen (secondary N) is 2. The van der Waals surface area contributed by atoms with Crippen LogP contribution >= 0.6 is 0 Å². The molecule has 8 nitrogen and oxygen atoms in total. The molecule has 2 fully saturated rings. The highest BCUT2D eigenvalue weighted by atomic mass is 16.2. The smallest absolute Gasteiger partial charge is 0.261 e. The second kappa shape index (κ2) is 9.95. The summed E-state index contributed by atoms with van der Waals surface area (Å²) in [6.45, 7) is 0.595. The van der Waals surface area contributed by atoms with Gasteiger partial charge in [0.25, 0.3) is 11.5 Å². The Bertz CT molecular complexity index is 1240. The van der Waals surface area contributed by atoms with Crippen LogP contribution in [0.4, 0.5) is 11.4 Å². The molecule has 2 atom stereocenters. The van der Waals surface area contributed by atoms with Crippen molar-refractivity contribution < 1.29 is 4.79 Å². The average molecular weight is 473 g/mol. The quantitative estimate of drug-likeness (QED) is 0.341. The summed E-state index contributed by atoms with van der Waals surface area (Å²) in [5, 5.41) is 13.1. The van der Waals surface area contributed by atoms with Gasteiger partial charge in [0.05, 0.1) is 23.4 Å². The lowest BCUT2D eigenvalue weighted by atomic mass is 9.96. The molecule has 0 radical (unpaired) electrons. The van der Waals surface area contributed by atoms with Gasteiger partial charge in [-0.15, -0.1) is 0 Å². The summed E-state index contributed by atoms with van der Waals surface area (Å²) in [5.41, 5.74) is 9.20. The molecule has 1 aromatic carbocycles. The van der Waals surface area contributed by atoms with Crippen molar-refractivity contribution in [2.45, 2.75) is 76.4 Å². The number of pyridine rings is 1. The van der Waals surface area contributed by atoms with E-state index in [0.717, 1.165) is 56.1 Å². The molecule has 35 heavy (non-hydrogen) atoms. The first kappa shape index (κ1) is 23.2. The van der Waals surface area contributed by atoms with Crippen LogP contribution in [0.15, 0.2) is 40.2 Å². The summed E-state index contributed by atoms with van der Waals surface area (Å²) in [6.07, 6.45) is 11.0. The second-order valence-electron chi connectivity index (χ2n) is 9.93.